The Labute approximate surface area is 125 Å². The monoisotopic (exact) mass is 310 g/mol. The van der Waals surface area contributed by atoms with Crippen molar-refractivity contribution in [3.63, 3.8) is 0 Å². The summed E-state index contributed by atoms with van der Waals surface area (Å²) in [6.07, 6.45) is 0. The van der Waals surface area contributed by atoms with Gasteiger partial charge in [-0.3, -0.25) is 10.1 Å². The molecule has 0 aromatic heterocycles. The standard InChI is InChI=1S/C14H12ClFN2O3/c1-8(17)14-11(16)3-2-4-13(14)21-9-5-6-12(18(19)20)10(15)7-9/h2-8H,17H2,1H3/t8-/m1/s1. The number of hydrogen-bond donors (Lipinski definition) is 1. The average molecular weight is 311 g/mol. The van der Waals surface area contributed by atoms with E-state index in [0.717, 1.165) is 0 Å². The Hall–Kier alpha value is -2.18. The molecule has 0 aliphatic carbocycles. The summed E-state index contributed by atoms with van der Waals surface area (Å²) >= 11 is 5.80. The minimum Gasteiger partial charge on any atom is -0.457 e. The van der Waals surface area contributed by atoms with Crippen LogP contribution in [0.5, 0.6) is 11.5 Å². The van der Waals surface area contributed by atoms with Gasteiger partial charge in [-0.2, -0.15) is 0 Å². The van der Waals surface area contributed by atoms with Crippen LogP contribution in [0.3, 0.4) is 0 Å². The molecule has 1 atom stereocenters. The van der Waals surface area contributed by atoms with E-state index < -0.39 is 16.8 Å². The summed E-state index contributed by atoms with van der Waals surface area (Å²) < 4.78 is 19.3. The highest BCUT2D eigenvalue weighted by molar-refractivity contribution is 6.32. The summed E-state index contributed by atoms with van der Waals surface area (Å²) in [5, 5.41) is 10.6. The van der Waals surface area contributed by atoms with Crippen LogP contribution < -0.4 is 10.5 Å². The smallest absolute Gasteiger partial charge is 0.288 e. The fraction of sp³-hybridized carbons (Fsp3) is 0.143. The molecule has 0 unspecified atom stereocenters. The molecule has 0 heterocycles. The highest BCUT2D eigenvalue weighted by atomic mass is 35.5. The molecule has 5 nitrogen and oxygen atoms in total. The fourth-order valence-corrected chi connectivity index (χ4v) is 2.11. The highest BCUT2D eigenvalue weighted by Gasteiger charge is 2.16. The van der Waals surface area contributed by atoms with Gasteiger partial charge in [0.15, 0.2) is 0 Å². The van der Waals surface area contributed by atoms with Crippen LogP contribution in [0.25, 0.3) is 0 Å². The molecule has 2 aromatic carbocycles. The first-order valence-electron chi connectivity index (χ1n) is 6.06. The second-order valence-electron chi connectivity index (χ2n) is 4.41. The number of rotatable bonds is 4. The van der Waals surface area contributed by atoms with Crippen molar-refractivity contribution in [2.45, 2.75) is 13.0 Å². The van der Waals surface area contributed by atoms with Gasteiger partial charge in [0.2, 0.25) is 0 Å². The Morgan fingerprint density at radius 1 is 1.38 bits per heavy atom. The fourth-order valence-electron chi connectivity index (χ4n) is 1.87. The van der Waals surface area contributed by atoms with Gasteiger partial charge in [-0.05, 0) is 25.1 Å². The molecule has 0 bridgehead atoms. The largest absolute Gasteiger partial charge is 0.457 e. The molecular formula is C14H12ClFN2O3. The highest BCUT2D eigenvalue weighted by Crippen LogP contribution is 2.34. The van der Waals surface area contributed by atoms with Gasteiger partial charge in [-0.15, -0.1) is 0 Å². The van der Waals surface area contributed by atoms with E-state index in [1.165, 1.54) is 30.3 Å². The first-order chi connectivity index (χ1) is 9.90. The number of benzene rings is 2. The lowest BCUT2D eigenvalue weighted by atomic mass is 10.1. The van der Waals surface area contributed by atoms with Crippen molar-refractivity contribution in [3.05, 3.63) is 62.9 Å². The molecule has 0 aliphatic heterocycles. The van der Waals surface area contributed by atoms with Gasteiger partial charge < -0.3 is 10.5 Å². The number of nitro groups is 1. The van der Waals surface area contributed by atoms with Crippen molar-refractivity contribution in [3.8, 4) is 11.5 Å². The van der Waals surface area contributed by atoms with Crippen molar-refractivity contribution >= 4 is 17.3 Å². The predicted molar refractivity (Wildman–Crippen MR) is 77.2 cm³/mol. The van der Waals surface area contributed by atoms with Crippen molar-refractivity contribution in [1.82, 2.24) is 0 Å². The molecule has 7 heteroatoms. The number of nitro benzene ring substituents is 1. The van der Waals surface area contributed by atoms with E-state index in [0.29, 0.717) is 0 Å². The van der Waals surface area contributed by atoms with Gasteiger partial charge in [0.05, 0.1) is 4.92 Å². The van der Waals surface area contributed by atoms with Crippen LogP contribution in [0.1, 0.15) is 18.5 Å². The Balaban J connectivity index is 2.37. The number of ether oxygens (including phenoxy) is 1. The summed E-state index contributed by atoms with van der Waals surface area (Å²) in [7, 11) is 0. The number of halogens is 2. The normalized spacial score (nSPS) is 12.0. The Morgan fingerprint density at radius 3 is 2.67 bits per heavy atom. The van der Waals surface area contributed by atoms with Crippen LogP contribution in [0, 0.1) is 15.9 Å². The van der Waals surface area contributed by atoms with Gasteiger partial charge in [0.1, 0.15) is 22.3 Å². The van der Waals surface area contributed by atoms with E-state index >= 15 is 0 Å². The Morgan fingerprint density at radius 2 is 2.10 bits per heavy atom. The molecule has 2 aromatic rings. The van der Waals surface area contributed by atoms with Crippen molar-refractivity contribution in [2.24, 2.45) is 5.73 Å². The van der Waals surface area contributed by atoms with Gasteiger partial charge in [-0.25, -0.2) is 4.39 Å². The summed E-state index contributed by atoms with van der Waals surface area (Å²) in [6, 6.07) is 7.70. The Kier molecular flexibility index (Phi) is 4.40. The molecule has 2 N–H and O–H groups in total. The second-order valence-corrected chi connectivity index (χ2v) is 4.82. The first-order valence-corrected chi connectivity index (χ1v) is 6.43. The van der Waals surface area contributed by atoms with Crippen LogP contribution >= 0.6 is 11.6 Å². The van der Waals surface area contributed by atoms with Crippen LogP contribution in [0.2, 0.25) is 5.02 Å². The maximum absolute atomic E-state index is 13.8. The van der Waals surface area contributed by atoms with E-state index in [2.05, 4.69) is 0 Å². The van der Waals surface area contributed by atoms with Crippen LogP contribution in [0.15, 0.2) is 36.4 Å². The van der Waals surface area contributed by atoms with Crippen LogP contribution in [0.4, 0.5) is 10.1 Å². The molecule has 2 rings (SSSR count). The molecule has 0 radical (unpaired) electrons. The minimum atomic E-state index is -0.596. The van der Waals surface area contributed by atoms with E-state index in [9.17, 15) is 14.5 Å². The lowest BCUT2D eigenvalue weighted by Crippen LogP contribution is -2.09. The van der Waals surface area contributed by atoms with Gasteiger partial charge >= 0.3 is 0 Å². The van der Waals surface area contributed by atoms with Gasteiger partial charge in [-0.1, -0.05) is 17.7 Å². The maximum Gasteiger partial charge on any atom is 0.288 e. The van der Waals surface area contributed by atoms with E-state index in [-0.39, 0.29) is 27.8 Å². The minimum absolute atomic E-state index is 0.0590. The third kappa shape index (κ3) is 3.29. The topological polar surface area (TPSA) is 78.4 Å². The van der Waals surface area contributed by atoms with Crippen LogP contribution in [-0.4, -0.2) is 4.92 Å². The lowest BCUT2D eigenvalue weighted by molar-refractivity contribution is -0.384. The molecule has 0 saturated heterocycles. The van der Waals surface area contributed by atoms with Crippen molar-refractivity contribution in [1.29, 1.82) is 0 Å². The quantitative estimate of drug-likeness (QED) is 0.678. The van der Waals surface area contributed by atoms with Crippen molar-refractivity contribution in [2.75, 3.05) is 0 Å². The predicted octanol–water partition coefficient (Wildman–Crippen LogP) is 4.20. The number of nitrogens with zero attached hydrogens (tertiary/aromatic N) is 1. The van der Waals surface area contributed by atoms with E-state index in [1.807, 2.05) is 0 Å². The second kappa shape index (κ2) is 6.07. The average Bonchev–Trinajstić information content (AvgIpc) is 2.37. The number of hydrogen-bond acceptors (Lipinski definition) is 4. The maximum atomic E-state index is 13.8. The molecule has 0 amide bonds. The SMILES string of the molecule is C[C@@H](N)c1c(F)cccc1Oc1ccc([N+](=O)[O-])c(Cl)c1. The molecule has 0 fully saturated rings. The zero-order valence-electron chi connectivity index (χ0n) is 11.0. The molecule has 0 spiro atoms. The van der Waals surface area contributed by atoms with E-state index in [1.54, 1.807) is 13.0 Å². The lowest BCUT2D eigenvalue weighted by Gasteiger charge is -2.14. The summed E-state index contributed by atoms with van der Waals surface area (Å²) in [5.74, 6) is 0.0310. The van der Waals surface area contributed by atoms with Crippen LogP contribution in [-0.2, 0) is 0 Å². The molecule has 0 aliphatic rings. The zero-order valence-corrected chi connectivity index (χ0v) is 11.8. The summed E-state index contributed by atoms with van der Waals surface area (Å²) in [4.78, 5) is 10.1. The summed E-state index contributed by atoms with van der Waals surface area (Å²) in [5.41, 5.74) is 5.73. The Bertz CT molecular complexity index is 692. The van der Waals surface area contributed by atoms with E-state index in [4.69, 9.17) is 22.1 Å². The molecular weight excluding hydrogens is 299 g/mol. The number of nitrogens with two attached hydrogens (primary N) is 1. The molecule has 21 heavy (non-hydrogen) atoms. The van der Waals surface area contributed by atoms with Crippen molar-refractivity contribution < 1.29 is 14.1 Å². The third-order valence-electron chi connectivity index (χ3n) is 2.81. The van der Waals surface area contributed by atoms with Gasteiger partial charge in [0.25, 0.3) is 5.69 Å². The van der Waals surface area contributed by atoms with Gasteiger partial charge in [0, 0.05) is 23.7 Å². The molecule has 110 valence electrons. The summed E-state index contributed by atoms with van der Waals surface area (Å²) in [6.45, 7) is 1.63. The third-order valence-corrected chi connectivity index (χ3v) is 3.11. The first kappa shape index (κ1) is 15.2. The molecule has 0 saturated carbocycles. The zero-order chi connectivity index (χ0) is 15.6.